The Bertz CT molecular complexity index is 591. The van der Waals surface area contributed by atoms with Gasteiger partial charge >= 0.3 is 0 Å². The van der Waals surface area contributed by atoms with Crippen LogP contribution in [0.25, 0.3) is 0 Å². The molecule has 0 saturated heterocycles. The molecule has 3 rings (SSSR count). The maximum absolute atomic E-state index is 5.45. The highest BCUT2D eigenvalue weighted by Gasteiger charge is 2.29. The van der Waals surface area contributed by atoms with E-state index >= 15 is 0 Å². The molecule has 1 aromatic carbocycles. The molecule has 112 valence electrons. The van der Waals surface area contributed by atoms with Crippen LogP contribution in [0.4, 0.5) is 5.69 Å². The monoisotopic (exact) mass is 285 g/mol. The smallest absolute Gasteiger partial charge is 0.162 e. The fourth-order valence-corrected chi connectivity index (χ4v) is 3.27. The number of nitrogens with zero attached hydrogens (tertiary/aromatic N) is 1. The Balaban J connectivity index is 1.86. The Morgan fingerprint density at radius 2 is 1.90 bits per heavy atom. The van der Waals surface area contributed by atoms with E-state index < -0.39 is 0 Å². The molecule has 3 heteroatoms. The SMILES string of the molecule is COc1cc2c(cc1OC)N(CC1(C)C=CC=CC1)CC2. The van der Waals surface area contributed by atoms with Gasteiger partial charge in [0.05, 0.1) is 14.2 Å². The van der Waals surface area contributed by atoms with Crippen molar-refractivity contribution >= 4 is 5.69 Å². The van der Waals surface area contributed by atoms with Gasteiger partial charge < -0.3 is 14.4 Å². The molecule has 1 aliphatic heterocycles. The average Bonchev–Trinajstić information content (AvgIpc) is 2.88. The van der Waals surface area contributed by atoms with E-state index in [1.165, 1.54) is 11.3 Å². The van der Waals surface area contributed by atoms with Gasteiger partial charge in [-0.25, -0.2) is 0 Å². The topological polar surface area (TPSA) is 21.7 Å². The van der Waals surface area contributed by atoms with Crippen LogP contribution in [0, 0.1) is 5.41 Å². The van der Waals surface area contributed by atoms with Crippen molar-refractivity contribution in [1.82, 2.24) is 0 Å². The van der Waals surface area contributed by atoms with Gasteiger partial charge in [-0.2, -0.15) is 0 Å². The molecule has 1 unspecified atom stereocenters. The van der Waals surface area contributed by atoms with Crippen LogP contribution in [0.15, 0.2) is 36.4 Å². The normalized spacial score (nSPS) is 23.3. The molecule has 0 bridgehead atoms. The second-order valence-electron chi connectivity index (χ2n) is 6.15. The standard InChI is InChI=1S/C18H23NO2/c1-18(8-5-4-6-9-18)13-19-10-7-14-11-16(20-2)17(21-3)12-15(14)19/h4-6,8,11-12H,7,9-10,13H2,1-3H3. The van der Waals surface area contributed by atoms with E-state index in [0.717, 1.165) is 37.4 Å². The highest BCUT2D eigenvalue weighted by atomic mass is 16.5. The second-order valence-corrected chi connectivity index (χ2v) is 6.15. The van der Waals surface area contributed by atoms with Crippen molar-refractivity contribution < 1.29 is 9.47 Å². The minimum Gasteiger partial charge on any atom is -0.493 e. The van der Waals surface area contributed by atoms with Gasteiger partial charge in [-0.05, 0) is 24.5 Å². The number of hydrogen-bond acceptors (Lipinski definition) is 3. The van der Waals surface area contributed by atoms with Crippen LogP contribution < -0.4 is 14.4 Å². The van der Waals surface area contributed by atoms with Crippen LogP contribution in [0.5, 0.6) is 11.5 Å². The molecule has 0 aromatic heterocycles. The zero-order valence-corrected chi connectivity index (χ0v) is 13.1. The Hall–Kier alpha value is -1.90. The van der Waals surface area contributed by atoms with Gasteiger partial charge in [0.15, 0.2) is 11.5 Å². The van der Waals surface area contributed by atoms with E-state index in [1.807, 2.05) is 0 Å². The number of allylic oxidation sites excluding steroid dienone is 3. The van der Waals surface area contributed by atoms with Crippen molar-refractivity contribution in [2.24, 2.45) is 5.41 Å². The predicted octanol–water partition coefficient (Wildman–Crippen LogP) is 3.59. The lowest BCUT2D eigenvalue weighted by Gasteiger charge is -2.33. The van der Waals surface area contributed by atoms with Crippen molar-refractivity contribution in [2.75, 3.05) is 32.2 Å². The molecule has 0 radical (unpaired) electrons. The maximum atomic E-state index is 5.45. The summed E-state index contributed by atoms with van der Waals surface area (Å²) in [6.07, 6.45) is 11.0. The average molecular weight is 285 g/mol. The first-order chi connectivity index (χ1) is 10.1. The Morgan fingerprint density at radius 3 is 2.57 bits per heavy atom. The summed E-state index contributed by atoms with van der Waals surface area (Å²) in [5, 5.41) is 0. The molecule has 0 amide bonds. The van der Waals surface area contributed by atoms with Crippen molar-refractivity contribution in [3.05, 3.63) is 42.0 Å². The molecule has 1 aliphatic carbocycles. The number of anilines is 1. The maximum Gasteiger partial charge on any atom is 0.162 e. The molecule has 1 aromatic rings. The first-order valence-corrected chi connectivity index (χ1v) is 7.49. The molecule has 21 heavy (non-hydrogen) atoms. The molecular weight excluding hydrogens is 262 g/mol. The molecular formula is C18H23NO2. The van der Waals surface area contributed by atoms with E-state index in [2.05, 4.69) is 48.3 Å². The molecule has 1 atom stereocenters. The zero-order chi connectivity index (χ0) is 14.9. The van der Waals surface area contributed by atoms with Crippen LogP contribution in [0.1, 0.15) is 18.9 Å². The number of benzene rings is 1. The second kappa shape index (κ2) is 5.47. The van der Waals surface area contributed by atoms with Crippen LogP contribution in [0.2, 0.25) is 0 Å². The number of ether oxygens (including phenoxy) is 2. The quantitative estimate of drug-likeness (QED) is 0.844. The third-order valence-corrected chi connectivity index (χ3v) is 4.46. The first kappa shape index (κ1) is 14.1. The Morgan fingerprint density at radius 1 is 1.14 bits per heavy atom. The molecule has 2 aliphatic rings. The molecule has 0 fully saturated rings. The van der Waals surface area contributed by atoms with Crippen molar-refractivity contribution in [2.45, 2.75) is 19.8 Å². The zero-order valence-electron chi connectivity index (χ0n) is 13.1. The summed E-state index contributed by atoms with van der Waals surface area (Å²) in [5.41, 5.74) is 2.85. The van der Waals surface area contributed by atoms with E-state index in [0.29, 0.717) is 0 Å². The third kappa shape index (κ3) is 2.65. The van der Waals surface area contributed by atoms with Gasteiger partial charge in [0, 0.05) is 30.3 Å². The highest BCUT2D eigenvalue weighted by Crippen LogP contribution is 2.40. The van der Waals surface area contributed by atoms with E-state index in [9.17, 15) is 0 Å². The molecule has 1 heterocycles. The van der Waals surface area contributed by atoms with Crippen molar-refractivity contribution in [3.8, 4) is 11.5 Å². The third-order valence-electron chi connectivity index (χ3n) is 4.46. The van der Waals surface area contributed by atoms with Crippen LogP contribution >= 0.6 is 0 Å². The lowest BCUT2D eigenvalue weighted by atomic mass is 9.83. The summed E-state index contributed by atoms with van der Waals surface area (Å²) in [7, 11) is 3.39. The van der Waals surface area contributed by atoms with Gasteiger partial charge in [0.1, 0.15) is 0 Å². The highest BCUT2D eigenvalue weighted by molar-refractivity contribution is 5.65. The largest absolute Gasteiger partial charge is 0.493 e. The number of fused-ring (bicyclic) bond motifs is 1. The van der Waals surface area contributed by atoms with Crippen LogP contribution in [0.3, 0.4) is 0 Å². The first-order valence-electron chi connectivity index (χ1n) is 7.49. The van der Waals surface area contributed by atoms with Crippen LogP contribution in [-0.4, -0.2) is 27.3 Å². The number of rotatable bonds is 4. The fraction of sp³-hybridized carbons (Fsp3) is 0.444. The lowest BCUT2D eigenvalue weighted by Crippen LogP contribution is -2.34. The molecule has 0 saturated carbocycles. The van der Waals surface area contributed by atoms with E-state index in [1.54, 1.807) is 14.2 Å². The summed E-state index contributed by atoms with van der Waals surface area (Å²) in [4.78, 5) is 2.47. The van der Waals surface area contributed by atoms with E-state index in [4.69, 9.17) is 9.47 Å². The molecule has 0 spiro atoms. The number of methoxy groups -OCH3 is 2. The van der Waals surface area contributed by atoms with Gasteiger partial charge in [-0.15, -0.1) is 0 Å². The lowest BCUT2D eigenvalue weighted by molar-refractivity contribution is 0.354. The van der Waals surface area contributed by atoms with E-state index in [-0.39, 0.29) is 5.41 Å². The minimum atomic E-state index is 0.212. The summed E-state index contributed by atoms with van der Waals surface area (Å²) in [6, 6.07) is 4.24. The van der Waals surface area contributed by atoms with Gasteiger partial charge in [-0.1, -0.05) is 31.2 Å². The minimum absolute atomic E-state index is 0.212. The van der Waals surface area contributed by atoms with Gasteiger partial charge in [0.2, 0.25) is 0 Å². The summed E-state index contributed by atoms with van der Waals surface area (Å²) in [5.74, 6) is 1.64. The van der Waals surface area contributed by atoms with Crippen LogP contribution in [-0.2, 0) is 6.42 Å². The van der Waals surface area contributed by atoms with Crippen molar-refractivity contribution in [3.63, 3.8) is 0 Å². The fourth-order valence-electron chi connectivity index (χ4n) is 3.27. The predicted molar refractivity (Wildman–Crippen MR) is 86.5 cm³/mol. The van der Waals surface area contributed by atoms with Gasteiger partial charge in [0.25, 0.3) is 0 Å². The summed E-state index contributed by atoms with van der Waals surface area (Å²) >= 11 is 0. The molecule has 0 N–H and O–H groups in total. The van der Waals surface area contributed by atoms with Gasteiger partial charge in [-0.3, -0.25) is 0 Å². The summed E-state index contributed by atoms with van der Waals surface area (Å²) < 4.78 is 10.9. The Kier molecular flexibility index (Phi) is 3.66. The molecule has 3 nitrogen and oxygen atoms in total. The van der Waals surface area contributed by atoms with Crippen molar-refractivity contribution in [1.29, 1.82) is 0 Å². The Labute approximate surface area is 126 Å². The summed E-state index contributed by atoms with van der Waals surface area (Å²) in [6.45, 7) is 4.43. The number of hydrogen-bond donors (Lipinski definition) is 0.